The van der Waals surface area contributed by atoms with Gasteiger partial charge in [-0.3, -0.25) is 4.57 Å². The summed E-state index contributed by atoms with van der Waals surface area (Å²) in [7, 11) is 0. The van der Waals surface area contributed by atoms with Crippen LogP contribution in [0.15, 0.2) is 55.2 Å². The van der Waals surface area contributed by atoms with E-state index < -0.39 is 5.60 Å². The third-order valence-corrected chi connectivity index (χ3v) is 5.28. The number of hydrogen-bond donors (Lipinski definition) is 0. The van der Waals surface area contributed by atoms with Crippen molar-refractivity contribution in [3.05, 3.63) is 55.2 Å². The summed E-state index contributed by atoms with van der Waals surface area (Å²) >= 11 is 0. The highest BCUT2D eigenvalue weighted by molar-refractivity contribution is 5.68. The van der Waals surface area contributed by atoms with E-state index in [0.717, 1.165) is 24.1 Å². The van der Waals surface area contributed by atoms with Crippen molar-refractivity contribution in [2.45, 2.75) is 39.2 Å². The minimum Gasteiger partial charge on any atom is -0.477 e. The summed E-state index contributed by atoms with van der Waals surface area (Å²) < 4.78 is 13.3. The molecule has 8 nitrogen and oxygen atoms in total. The van der Waals surface area contributed by atoms with Gasteiger partial charge in [-0.15, -0.1) is 0 Å². The molecule has 1 aliphatic heterocycles. The number of imidazole rings is 1. The maximum Gasteiger partial charge on any atom is 0.410 e. The molecule has 8 heteroatoms. The van der Waals surface area contributed by atoms with Gasteiger partial charge in [0.25, 0.3) is 0 Å². The van der Waals surface area contributed by atoms with Crippen molar-refractivity contribution in [2.75, 3.05) is 19.7 Å². The fourth-order valence-corrected chi connectivity index (χ4v) is 3.57. The smallest absolute Gasteiger partial charge is 0.410 e. The third-order valence-electron chi connectivity index (χ3n) is 5.28. The first-order chi connectivity index (χ1) is 15.4. The molecule has 3 heterocycles. The van der Waals surface area contributed by atoms with Crippen molar-refractivity contribution in [3.63, 3.8) is 0 Å². The first kappa shape index (κ1) is 21.8. The van der Waals surface area contributed by atoms with E-state index in [9.17, 15) is 4.79 Å². The second-order valence-electron chi connectivity index (χ2n) is 8.97. The predicted molar refractivity (Wildman–Crippen MR) is 121 cm³/mol. The highest BCUT2D eigenvalue weighted by Gasteiger charge is 2.27. The maximum absolute atomic E-state index is 12.2. The molecule has 1 amide bonds. The molecular formula is C24H29N5O3. The normalized spacial score (nSPS) is 14.9. The van der Waals surface area contributed by atoms with Crippen molar-refractivity contribution in [1.82, 2.24) is 24.4 Å². The molecule has 1 saturated heterocycles. The van der Waals surface area contributed by atoms with E-state index >= 15 is 0 Å². The number of carbonyl (C=O) groups excluding carboxylic acids is 1. The molecule has 0 radical (unpaired) electrons. The SMILES string of the molecule is CC(C)(C)OC(=O)N1CCC(COc2cc(-n3cnc(-c4ccccc4)c3)ncn2)CC1. The van der Waals surface area contributed by atoms with Crippen LogP contribution in [0.1, 0.15) is 33.6 Å². The van der Waals surface area contributed by atoms with Gasteiger partial charge in [-0.25, -0.2) is 19.7 Å². The highest BCUT2D eigenvalue weighted by atomic mass is 16.6. The lowest BCUT2D eigenvalue weighted by Crippen LogP contribution is -2.42. The van der Waals surface area contributed by atoms with Crippen LogP contribution >= 0.6 is 0 Å². The fourth-order valence-electron chi connectivity index (χ4n) is 3.57. The van der Waals surface area contributed by atoms with E-state index in [2.05, 4.69) is 15.0 Å². The van der Waals surface area contributed by atoms with Crippen LogP contribution in [0.25, 0.3) is 17.1 Å². The van der Waals surface area contributed by atoms with Crippen LogP contribution in [0.5, 0.6) is 5.88 Å². The van der Waals surface area contributed by atoms with Gasteiger partial charge < -0.3 is 14.4 Å². The second-order valence-corrected chi connectivity index (χ2v) is 8.97. The minimum absolute atomic E-state index is 0.243. The molecule has 168 valence electrons. The van der Waals surface area contributed by atoms with Gasteiger partial charge in [0, 0.05) is 30.9 Å². The number of aromatic nitrogens is 4. The molecule has 0 aliphatic carbocycles. The van der Waals surface area contributed by atoms with Crippen LogP contribution < -0.4 is 4.74 Å². The monoisotopic (exact) mass is 435 g/mol. The molecule has 2 aromatic heterocycles. The number of likely N-dealkylation sites (tertiary alicyclic amines) is 1. The molecule has 0 bridgehead atoms. The quantitative estimate of drug-likeness (QED) is 0.592. The van der Waals surface area contributed by atoms with Crippen LogP contribution in [0.3, 0.4) is 0 Å². The van der Waals surface area contributed by atoms with Gasteiger partial charge in [0.15, 0.2) is 0 Å². The summed E-state index contributed by atoms with van der Waals surface area (Å²) in [6.07, 6.45) is 6.68. The van der Waals surface area contributed by atoms with Gasteiger partial charge in [0.1, 0.15) is 24.1 Å². The molecule has 0 spiro atoms. The lowest BCUT2D eigenvalue weighted by Gasteiger charge is -2.33. The Labute approximate surface area is 188 Å². The summed E-state index contributed by atoms with van der Waals surface area (Å²) in [6.45, 7) is 7.55. The predicted octanol–water partition coefficient (Wildman–Crippen LogP) is 4.36. The van der Waals surface area contributed by atoms with Gasteiger partial charge in [-0.05, 0) is 39.5 Å². The molecule has 3 aromatic rings. The third kappa shape index (κ3) is 5.63. The molecule has 4 rings (SSSR count). The van der Waals surface area contributed by atoms with Crippen molar-refractivity contribution >= 4 is 6.09 Å². The Kier molecular flexibility index (Phi) is 6.39. The molecule has 0 saturated carbocycles. The number of amides is 1. The number of piperidine rings is 1. The number of nitrogens with zero attached hydrogens (tertiary/aromatic N) is 5. The number of hydrogen-bond acceptors (Lipinski definition) is 6. The van der Waals surface area contributed by atoms with Crippen molar-refractivity contribution in [2.24, 2.45) is 5.92 Å². The lowest BCUT2D eigenvalue weighted by atomic mass is 9.98. The standard InChI is InChI=1S/C24H29N5O3/c1-24(2,3)32-23(30)28-11-9-18(10-12-28)15-31-22-13-21(25-16-26-22)29-14-20(27-17-29)19-7-5-4-6-8-19/h4-8,13-14,16-18H,9-12,15H2,1-3H3. The van der Waals surface area contributed by atoms with E-state index in [1.165, 1.54) is 6.33 Å². The summed E-state index contributed by atoms with van der Waals surface area (Å²) in [4.78, 5) is 27.0. The van der Waals surface area contributed by atoms with Crippen LogP contribution in [0.2, 0.25) is 0 Å². The zero-order valence-corrected chi connectivity index (χ0v) is 18.8. The summed E-state index contributed by atoms with van der Waals surface area (Å²) in [5.41, 5.74) is 1.46. The number of carbonyl (C=O) groups is 1. The van der Waals surface area contributed by atoms with Crippen LogP contribution in [0, 0.1) is 5.92 Å². The van der Waals surface area contributed by atoms with E-state index in [1.807, 2.05) is 67.9 Å². The maximum atomic E-state index is 12.2. The number of benzene rings is 1. The summed E-state index contributed by atoms with van der Waals surface area (Å²) in [5.74, 6) is 1.59. The van der Waals surface area contributed by atoms with Gasteiger partial charge in [-0.1, -0.05) is 30.3 Å². The largest absolute Gasteiger partial charge is 0.477 e. The lowest BCUT2D eigenvalue weighted by molar-refractivity contribution is 0.0164. The Morgan fingerprint density at radius 2 is 1.84 bits per heavy atom. The molecule has 0 atom stereocenters. The second kappa shape index (κ2) is 9.38. The van der Waals surface area contributed by atoms with Crippen molar-refractivity contribution < 1.29 is 14.3 Å². The van der Waals surface area contributed by atoms with Crippen LogP contribution in [-0.2, 0) is 4.74 Å². The van der Waals surface area contributed by atoms with E-state index in [1.54, 1.807) is 11.2 Å². The fraction of sp³-hybridized carbons (Fsp3) is 0.417. The van der Waals surface area contributed by atoms with E-state index in [-0.39, 0.29) is 6.09 Å². The Balaban J connectivity index is 1.31. The average Bonchev–Trinajstić information content (AvgIpc) is 3.28. The number of ether oxygens (including phenoxy) is 2. The topological polar surface area (TPSA) is 82.4 Å². The molecule has 1 aliphatic rings. The first-order valence-electron chi connectivity index (χ1n) is 10.9. The summed E-state index contributed by atoms with van der Waals surface area (Å²) in [6, 6.07) is 11.8. The Morgan fingerprint density at radius 1 is 1.09 bits per heavy atom. The van der Waals surface area contributed by atoms with Gasteiger partial charge in [0.2, 0.25) is 5.88 Å². The first-order valence-corrected chi connectivity index (χ1v) is 10.9. The highest BCUT2D eigenvalue weighted by Crippen LogP contribution is 2.22. The molecule has 1 aromatic carbocycles. The van der Waals surface area contributed by atoms with E-state index in [0.29, 0.717) is 37.3 Å². The Morgan fingerprint density at radius 3 is 2.56 bits per heavy atom. The van der Waals surface area contributed by atoms with E-state index in [4.69, 9.17) is 9.47 Å². The van der Waals surface area contributed by atoms with Gasteiger partial charge in [-0.2, -0.15) is 0 Å². The van der Waals surface area contributed by atoms with Crippen molar-refractivity contribution in [1.29, 1.82) is 0 Å². The zero-order valence-electron chi connectivity index (χ0n) is 18.8. The minimum atomic E-state index is -0.473. The van der Waals surface area contributed by atoms with Crippen LogP contribution in [-0.4, -0.2) is 55.8 Å². The molecule has 0 N–H and O–H groups in total. The van der Waals surface area contributed by atoms with Crippen molar-refractivity contribution in [3.8, 4) is 23.0 Å². The van der Waals surface area contributed by atoms with Gasteiger partial charge in [0.05, 0.1) is 12.3 Å². The molecule has 0 unspecified atom stereocenters. The Hall–Kier alpha value is -3.42. The average molecular weight is 436 g/mol. The van der Waals surface area contributed by atoms with Gasteiger partial charge >= 0.3 is 6.09 Å². The van der Waals surface area contributed by atoms with Crippen LogP contribution in [0.4, 0.5) is 4.79 Å². The number of rotatable bonds is 5. The molecule has 32 heavy (non-hydrogen) atoms. The molecule has 1 fully saturated rings. The molecular weight excluding hydrogens is 406 g/mol. The summed E-state index contributed by atoms with van der Waals surface area (Å²) in [5, 5.41) is 0. The zero-order chi connectivity index (χ0) is 22.6. The Bertz CT molecular complexity index is 1040.